The van der Waals surface area contributed by atoms with E-state index in [1.54, 1.807) is 11.8 Å². The first-order valence-electron chi connectivity index (χ1n) is 11.5. The first-order chi connectivity index (χ1) is 15.7. The van der Waals surface area contributed by atoms with E-state index >= 15 is 0 Å². The summed E-state index contributed by atoms with van der Waals surface area (Å²) in [6.45, 7) is 10.0. The number of aromatic nitrogens is 3. The van der Waals surface area contributed by atoms with E-state index in [-0.39, 0.29) is 12.1 Å². The molecule has 0 radical (unpaired) electrons. The fourth-order valence-corrected chi connectivity index (χ4v) is 4.13. The number of carbonyl (C=O) groups is 2. The van der Waals surface area contributed by atoms with Crippen LogP contribution in [0.3, 0.4) is 0 Å². The molecule has 0 aliphatic carbocycles. The number of amides is 1. The van der Waals surface area contributed by atoms with Gasteiger partial charge in [-0.25, -0.2) is 9.59 Å². The maximum absolute atomic E-state index is 12.3. The predicted octanol–water partition coefficient (Wildman–Crippen LogP) is 4.86. The van der Waals surface area contributed by atoms with Crippen LogP contribution in [-0.2, 0) is 16.0 Å². The van der Waals surface area contributed by atoms with Crippen LogP contribution in [-0.4, -0.2) is 57.0 Å². The molecule has 1 amide bonds. The number of rotatable bonds is 5. The third-order valence-electron chi connectivity index (χ3n) is 5.79. The molecule has 1 aliphatic heterocycles. The van der Waals surface area contributed by atoms with E-state index in [9.17, 15) is 9.59 Å². The summed E-state index contributed by atoms with van der Waals surface area (Å²) in [6, 6.07) is 7.86. The molecule has 2 aromatic heterocycles. The summed E-state index contributed by atoms with van der Waals surface area (Å²) in [5.41, 5.74) is 2.96. The smallest absolute Gasteiger partial charge is 0.410 e. The summed E-state index contributed by atoms with van der Waals surface area (Å²) in [7, 11) is 0. The van der Waals surface area contributed by atoms with Gasteiger partial charge in [0.2, 0.25) is 0 Å². The summed E-state index contributed by atoms with van der Waals surface area (Å²) < 4.78 is 12.5. The van der Waals surface area contributed by atoms with Crippen molar-refractivity contribution >= 4 is 23.0 Å². The fraction of sp³-hybridized carbons (Fsp3) is 0.480. The Hall–Kier alpha value is -3.29. The topological polar surface area (TPSA) is 89.5 Å². The van der Waals surface area contributed by atoms with Gasteiger partial charge in [-0.3, -0.25) is 4.68 Å². The monoisotopic (exact) mass is 452 g/mol. The standard InChI is InChI=1S/C25H32N4O4/c1-5-32-23(30)22-13-19-12-18(6-7-21(19)27-22)20-14-26-29(16-20)15-17-8-10-28(11-9-17)24(31)33-25(2,3)4/h6-7,12-14,16-17,27H,5,8-11,15H2,1-4H3. The van der Waals surface area contributed by atoms with Gasteiger partial charge in [0.15, 0.2) is 0 Å². The van der Waals surface area contributed by atoms with Gasteiger partial charge < -0.3 is 19.4 Å². The Labute approximate surface area is 193 Å². The van der Waals surface area contributed by atoms with Gasteiger partial charge >= 0.3 is 12.1 Å². The summed E-state index contributed by atoms with van der Waals surface area (Å²) >= 11 is 0. The van der Waals surface area contributed by atoms with E-state index < -0.39 is 5.60 Å². The molecule has 0 unspecified atom stereocenters. The quantitative estimate of drug-likeness (QED) is 0.559. The number of fused-ring (bicyclic) bond motifs is 1. The number of aromatic amines is 1. The van der Waals surface area contributed by atoms with Crippen LogP contribution in [0.1, 0.15) is 51.0 Å². The first kappa shape index (κ1) is 22.9. The second kappa shape index (κ2) is 9.29. The number of esters is 1. The molecule has 0 atom stereocenters. The van der Waals surface area contributed by atoms with Gasteiger partial charge in [-0.2, -0.15) is 5.10 Å². The van der Waals surface area contributed by atoms with Crippen molar-refractivity contribution in [1.82, 2.24) is 19.7 Å². The lowest BCUT2D eigenvalue weighted by molar-refractivity contribution is 0.0177. The third-order valence-corrected chi connectivity index (χ3v) is 5.79. The molecule has 3 aromatic rings. The van der Waals surface area contributed by atoms with Crippen LogP contribution in [0.5, 0.6) is 0 Å². The maximum atomic E-state index is 12.3. The summed E-state index contributed by atoms with van der Waals surface area (Å²) in [4.78, 5) is 29.2. The molecule has 1 aliphatic rings. The molecule has 8 heteroatoms. The lowest BCUT2D eigenvalue weighted by Gasteiger charge is -2.33. The molecule has 1 N–H and O–H groups in total. The highest BCUT2D eigenvalue weighted by Crippen LogP contribution is 2.26. The Bertz CT molecular complexity index is 1130. The molecule has 1 aromatic carbocycles. The minimum atomic E-state index is -0.469. The summed E-state index contributed by atoms with van der Waals surface area (Å²) in [6.07, 6.45) is 5.56. The molecule has 0 saturated carbocycles. The van der Waals surface area contributed by atoms with Gasteiger partial charge in [-0.1, -0.05) is 6.07 Å². The number of nitrogens with zero attached hydrogens (tertiary/aromatic N) is 3. The van der Waals surface area contributed by atoms with Gasteiger partial charge in [0, 0.05) is 42.3 Å². The van der Waals surface area contributed by atoms with Gasteiger partial charge in [0.05, 0.1) is 12.8 Å². The Morgan fingerprint density at radius 1 is 1.15 bits per heavy atom. The highest BCUT2D eigenvalue weighted by molar-refractivity contribution is 5.96. The van der Waals surface area contributed by atoms with Crippen LogP contribution in [0.4, 0.5) is 4.79 Å². The van der Waals surface area contributed by atoms with Crippen LogP contribution in [0.15, 0.2) is 36.7 Å². The molecule has 3 heterocycles. The van der Waals surface area contributed by atoms with Gasteiger partial charge in [-0.15, -0.1) is 0 Å². The van der Waals surface area contributed by atoms with E-state index in [1.165, 1.54) is 0 Å². The van der Waals surface area contributed by atoms with Crippen LogP contribution in [0, 0.1) is 5.92 Å². The zero-order chi connectivity index (χ0) is 23.6. The van der Waals surface area contributed by atoms with Gasteiger partial charge in [0.25, 0.3) is 0 Å². The van der Waals surface area contributed by atoms with Crippen LogP contribution in [0.2, 0.25) is 0 Å². The van der Waals surface area contributed by atoms with Crippen molar-refractivity contribution in [2.75, 3.05) is 19.7 Å². The number of nitrogens with one attached hydrogen (secondary N) is 1. The Morgan fingerprint density at radius 3 is 2.61 bits per heavy atom. The lowest BCUT2D eigenvalue weighted by Crippen LogP contribution is -2.42. The van der Waals surface area contributed by atoms with Crippen LogP contribution >= 0.6 is 0 Å². The molecule has 8 nitrogen and oxygen atoms in total. The minimum absolute atomic E-state index is 0.228. The number of ether oxygens (including phenoxy) is 2. The van der Waals surface area contributed by atoms with Gasteiger partial charge in [0.1, 0.15) is 11.3 Å². The number of H-pyrrole nitrogens is 1. The number of hydrogen-bond acceptors (Lipinski definition) is 5. The Morgan fingerprint density at radius 2 is 1.91 bits per heavy atom. The Balaban J connectivity index is 1.37. The van der Waals surface area contributed by atoms with Crippen molar-refractivity contribution in [3.8, 4) is 11.1 Å². The average molecular weight is 453 g/mol. The minimum Gasteiger partial charge on any atom is -0.461 e. The van der Waals surface area contributed by atoms with E-state index in [0.717, 1.165) is 41.4 Å². The van der Waals surface area contributed by atoms with Crippen LogP contribution in [0.25, 0.3) is 22.0 Å². The predicted molar refractivity (Wildman–Crippen MR) is 126 cm³/mol. The molecular weight excluding hydrogens is 420 g/mol. The molecule has 33 heavy (non-hydrogen) atoms. The number of hydrogen-bond donors (Lipinski definition) is 1. The zero-order valence-corrected chi connectivity index (χ0v) is 19.8. The second-order valence-electron chi connectivity index (χ2n) is 9.57. The van der Waals surface area contributed by atoms with Crippen molar-refractivity contribution in [3.63, 3.8) is 0 Å². The molecular formula is C25H32N4O4. The largest absolute Gasteiger partial charge is 0.461 e. The lowest BCUT2D eigenvalue weighted by atomic mass is 9.97. The molecule has 0 bridgehead atoms. The third kappa shape index (κ3) is 5.56. The SMILES string of the molecule is CCOC(=O)c1cc2cc(-c3cnn(CC4CCN(C(=O)OC(C)(C)C)CC4)c3)ccc2[nH]1. The zero-order valence-electron chi connectivity index (χ0n) is 19.8. The van der Waals surface area contributed by atoms with Crippen molar-refractivity contribution in [2.45, 2.75) is 52.7 Å². The number of likely N-dealkylation sites (tertiary alicyclic amines) is 1. The highest BCUT2D eigenvalue weighted by atomic mass is 16.6. The van der Waals surface area contributed by atoms with Crippen molar-refractivity contribution in [1.29, 1.82) is 0 Å². The van der Waals surface area contributed by atoms with Crippen molar-refractivity contribution < 1.29 is 19.1 Å². The molecule has 176 valence electrons. The highest BCUT2D eigenvalue weighted by Gasteiger charge is 2.27. The van der Waals surface area contributed by atoms with E-state index in [4.69, 9.17) is 9.47 Å². The van der Waals surface area contributed by atoms with E-state index in [2.05, 4.69) is 22.3 Å². The van der Waals surface area contributed by atoms with E-state index in [1.807, 2.05) is 49.8 Å². The molecule has 4 rings (SSSR count). The van der Waals surface area contributed by atoms with Crippen LogP contribution < -0.4 is 0 Å². The number of benzene rings is 1. The van der Waals surface area contributed by atoms with Gasteiger partial charge in [-0.05, 0) is 70.2 Å². The second-order valence-corrected chi connectivity index (χ2v) is 9.57. The van der Waals surface area contributed by atoms with Crippen molar-refractivity contribution in [2.24, 2.45) is 5.92 Å². The molecule has 1 fully saturated rings. The number of carbonyl (C=O) groups excluding carboxylic acids is 2. The van der Waals surface area contributed by atoms with E-state index in [0.29, 0.717) is 31.3 Å². The average Bonchev–Trinajstić information content (AvgIpc) is 3.39. The first-order valence-corrected chi connectivity index (χ1v) is 11.5. The molecule has 0 spiro atoms. The summed E-state index contributed by atoms with van der Waals surface area (Å²) in [5.74, 6) is 0.122. The Kier molecular flexibility index (Phi) is 6.44. The maximum Gasteiger partial charge on any atom is 0.410 e. The summed E-state index contributed by atoms with van der Waals surface area (Å²) in [5, 5.41) is 5.51. The fourth-order valence-electron chi connectivity index (χ4n) is 4.13. The number of piperidine rings is 1. The molecule has 1 saturated heterocycles. The van der Waals surface area contributed by atoms with Crippen molar-refractivity contribution in [3.05, 3.63) is 42.4 Å². The normalized spacial score (nSPS) is 15.1.